The van der Waals surface area contributed by atoms with E-state index in [1.807, 2.05) is 4.90 Å². The molecule has 0 saturated heterocycles. The van der Waals surface area contributed by atoms with Gasteiger partial charge in [0.25, 0.3) is 0 Å². The fourth-order valence-corrected chi connectivity index (χ4v) is 1.97. The van der Waals surface area contributed by atoms with Crippen molar-refractivity contribution in [1.29, 1.82) is 0 Å². The first-order valence-corrected chi connectivity index (χ1v) is 6.43. The Labute approximate surface area is 108 Å². The van der Waals surface area contributed by atoms with E-state index in [1.165, 1.54) is 12.1 Å². The van der Waals surface area contributed by atoms with Gasteiger partial charge >= 0.3 is 0 Å². The molecule has 0 aliphatic rings. The van der Waals surface area contributed by atoms with Gasteiger partial charge in [-0.05, 0) is 31.5 Å². The van der Waals surface area contributed by atoms with Crippen molar-refractivity contribution in [2.75, 3.05) is 24.6 Å². The van der Waals surface area contributed by atoms with Crippen LogP contribution in [0, 0.1) is 5.82 Å². The second-order valence-electron chi connectivity index (χ2n) is 4.44. The zero-order chi connectivity index (χ0) is 13.5. The molecule has 4 heteroatoms. The predicted molar refractivity (Wildman–Crippen MR) is 71.2 cm³/mol. The van der Waals surface area contributed by atoms with Gasteiger partial charge in [-0.15, -0.1) is 0 Å². The molecular weight excluding hydrogens is 233 g/mol. The van der Waals surface area contributed by atoms with E-state index in [-0.39, 0.29) is 12.4 Å². The molecule has 0 aliphatic heterocycles. The first kappa shape index (κ1) is 14.9. The zero-order valence-electron chi connectivity index (χ0n) is 11.1. The molecule has 1 rings (SSSR count). The topological polar surface area (TPSA) is 43.7 Å². The Morgan fingerprint density at radius 3 is 2.61 bits per heavy atom. The lowest BCUT2D eigenvalue weighted by Crippen LogP contribution is -2.29. The molecule has 0 aliphatic carbocycles. The van der Waals surface area contributed by atoms with Gasteiger partial charge in [-0.2, -0.15) is 0 Å². The van der Waals surface area contributed by atoms with Gasteiger partial charge in [-0.3, -0.25) is 0 Å². The van der Waals surface area contributed by atoms with Crippen LogP contribution in [0.15, 0.2) is 18.2 Å². The number of unbranched alkanes of at least 4 members (excludes halogenated alkanes) is 1. The number of hydrogen-bond donors (Lipinski definition) is 2. The minimum Gasteiger partial charge on any atom is -0.395 e. The lowest BCUT2D eigenvalue weighted by atomic mass is 10.1. The highest BCUT2D eigenvalue weighted by atomic mass is 19.1. The molecule has 2 N–H and O–H groups in total. The van der Waals surface area contributed by atoms with E-state index < -0.39 is 6.10 Å². The second-order valence-corrected chi connectivity index (χ2v) is 4.44. The first-order chi connectivity index (χ1) is 8.60. The van der Waals surface area contributed by atoms with Gasteiger partial charge in [0.1, 0.15) is 5.82 Å². The van der Waals surface area contributed by atoms with E-state index in [0.717, 1.165) is 25.1 Å². The van der Waals surface area contributed by atoms with Crippen LogP contribution in [0.4, 0.5) is 10.1 Å². The molecule has 1 aromatic rings. The van der Waals surface area contributed by atoms with Crippen LogP contribution < -0.4 is 4.90 Å². The van der Waals surface area contributed by atoms with Gasteiger partial charge in [0.05, 0.1) is 12.7 Å². The van der Waals surface area contributed by atoms with E-state index in [0.29, 0.717) is 12.1 Å². The molecule has 0 saturated carbocycles. The van der Waals surface area contributed by atoms with Crippen molar-refractivity contribution in [2.24, 2.45) is 0 Å². The maximum absolute atomic E-state index is 13.2. The Balaban J connectivity index is 3.01. The summed E-state index contributed by atoms with van der Waals surface area (Å²) in [6, 6.07) is 4.41. The molecule has 0 unspecified atom stereocenters. The molecule has 3 nitrogen and oxygen atoms in total. The predicted octanol–water partition coefficient (Wildman–Crippen LogP) is 2.48. The third-order valence-corrected chi connectivity index (χ3v) is 2.93. The van der Waals surface area contributed by atoms with Crippen LogP contribution in [-0.2, 0) is 0 Å². The summed E-state index contributed by atoms with van der Waals surface area (Å²) in [6.07, 6.45) is 1.32. The molecule has 1 atom stereocenters. The highest BCUT2D eigenvalue weighted by Crippen LogP contribution is 2.27. The number of aliphatic hydroxyl groups is 2. The number of anilines is 1. The van der Waals surface area contributed by atoms with Gasteiger partial charge in [0.15, 0.2) is 0 Å². The van der Waals surface area contributed by atoms with Gasteiger partial charge in [0, 0.05) is 24.3 Å². The standard InChI is InChI=1S/C14H22FNO2/c1-3-4-7-16(8-9-17)14-6-5-12(15)10-13(14)11(2)18/h5-6,10-11,17-18H,3-4,7-9H2,1-2H3/t11-/m1/s1. The van der Waals surface area contributed by atoms with Gasteiger partial charge in [-0.1, -0.05) is 13.3 Å². The Morgan fingerprint density at radius 1 is 1.33 bits per heavy atom. The average Bonchev–Trinajstić information content (AvgIpc) is 2.34. The Hall–Kier alpha value is -1.13. The fraction of sp³-hybridized carbons (Fsp3) is 0.571. The van der Waals surface area contributed by atoms with Crippen LogP contribution >= 0.6 is 0 Å². The Kier molecular flexibility index (Phi) is 6.09. The summed E-state index contributed by atoms with van der Waals surface area (Å²) in [5.74, 6) is -0.353. The monoisotopic (exact) mass is 255 g/mol. The largest absolute Gasteiger partial charge is 0.395 e. The normalized spacial score (nSPS) is 12.5. The molecule has 0 spiro atoms. The molecule has 1 aromatic carbocycles. The molecule has 0 amide bonds. The van der Waals surface area contributed by atoms with Crippen LogP contribution in [0.5, 0.6) is 0 Å². The fourth-order valence-electron chi connectivity index (χ4n) is 1.97. The molecule has 0 heterocycles. The molecule has 0 radical (unpaired) electrons. The minimum atomic E-state index is -0.724. The van der Waals surface area contributed by atoms with E-state index >= 15 is 0 Å². The number of aliphatic hydroxyl groups excluding tert-OH is 2. The van der Waals surface area contributed by atoms with Gasteiger partial charge in [0.2, 0.25) is 0 Å². The van der Waals surface area contributed by atoms with Crippen LogP contribution in [0.1, 0.15) is 38.4 Å². The van der Waals surface area contributed by atoms with Crippen molar-refractivity contribution in [3.8, 4) is 0 Å². The maximum atomic E-state index is 13.2. The van der Waals surface area contributed by atoms with Crippen LogP contribution in [0.2, 0.25) is 0 Å². The van der Waals surface area contributed by atoms with Crippen molar-refractivity contribution in [3.63, 3.8) is 0 Å². The summed E-state index contributed by atoms with van der Waals surface area (Å²) in [5.41, 5.74) is 1.37. The first-order valence-electron chi connectivity index (χ1n) is 6.43. The highest BCUT2D eigenvalue weighted by molar-refractivity contribution is 5.54. The molecule has 0 fully saturated rings. The maximum Gasteiger partial charge on any atom is 0.123 e. The van der Waals surface area contributed by atoms with Crippen molar-refractivity contribution < 1.29 is 14.6 Å². The van der Waals surface area contributed by atoms with Crippen molar-refractivity contribution >= 4 is 5.69 Å². The number of hydrogen-bond acceptors (Lipinski definition) is 3. The summed E-state index contributed by atoms with van der Waals surface area (Å²) >= 11 is 0. The average molecular weight is 255 g/mol. The van der Waals surface area contributed by atoms with E-state index in [4.69, 9.17) is 5.11 Å². The molecule has 0 bridgehead atoms. The summed E-state index contributed by atoms with van der Waals surface area (Å²) in [6.45, 7) is 5.04. The number of halogens is 1. The smallest absolute Gasteiger partial charge is 0.123 e. The third-order valence-electron chi connectivity index (χ3n) is 2.93. The lowest BCUT2D eigenvalue weighted by molar-refractivity contribution is 0.199. The van der Waals surface area contributed by atoms with E-state index in [9.17, 15) is 9.50 Å². The SMILES string of the molecule is CCCCN(CCO)c1ccc(F)cc1[C@@H](C)O. The molecule has 0 aromatic heterocycles. The second kappa shape index (κ2) is 7.34. The summed E-state index contributed by atoms with van der Waals surface area (Å²) in [4.78, 5) is 1.99. The van der Waals surface area contributed by atoms with Crippen LogP contribution in [0.25, 0.3) is 0 Å². The molecule has 102 valence electrons. The molecular formula is C14H22FNO2. The van der Waals surface area contributed by atoms with Gasteiger partial charge < -0.3 is 15.1 Å². The summed E-state index contributed by atoms with van der Waals surface area (Å²) < 4.78 is 13.2. The van der Waals surface area contributed by atoms with Crippen LogP contribution in [-0.4, -0.2) is 29.9 Å². The summed E-state index contributed by atoms with van der Waals surface area (Å²) in [5, 5.41) is 18.8. The highest BCUT2D eigenvalue weighted by Gasteiger charge is 2.14. The quantitative estimate of drug-likeness (QED) is 0.786. The minimum absolute atomic E-state index is 0.0420. The third kappa shape index (κ3) is 3.96. The van der Waals surface area contributed by atoms with E-state index in [1.54, 1.807) is 13.0 Å². The zero-order valence-corrected chi connectivity index (χ0v) is 11.1. The van der Waals surface area contributed by atoms with Crippen molar-refractivity contribution in [2.45, 2.75) is 32.8 Å². The Bertz CT molecular complexity index is 369. The van der Waals surface area contributed by atoms with Crippen LogP contribution in [0.3, 0.4) is 0 Å². The Morgan fingerprint density at radius 2 is 2.06 bits per heavy atom. The lowest BCUT2D eigenvalue weighted by Gasteiger charge is -2.27. The van der Waals surface area contributed by atoms with Crippen molar-refractivity contribution in [1.82, 2.24) is 0 Å². The van der Waals surface area contributed by atoms with Crippen molar-refractivity contribution in [3.05, 3.63) is 29.6 Å². The number of nitrogens with zero attached hydrogens (tertiary/aromatic N) is 1. The van der Waals surface area contributed by atoms with E-state index in [2.05, 4.69) is 6.92 Å². The summed E-state index contributed by atoms with van der Waals surface area (Å²) in [7, 11) is 0. The van der Waals surface area contributed by atoms with Gasteiger partial charge in [-0.25, -0.2) is 4.39 Å². The molecule has 18 heavy (non-hydrogen) atoms. The number of rotatable bonds is 7. The number of benzene rings is 1.